The number of hydrogen-bond acceptors (Lipinski definition) is 3. The molecule has 1 amide bonds. The molecule has 1 aliphatic rings. The van der Waals surface area contributed by atoms with Gasteiger partial charge in [-0.25, -0.2) is 13.2 Å². The van der Waals surface area contributed by atoms with Crippen molar-refractivity contribution in [2.24, 2.45) is 0 Å². The van der Waals surface area contributed by atoms with E-state index in [0.29, 0.717) is 6.07 Å². The van der Waals surface area contributed by atoms with Crippen molar-refractivity contribution in [1.82, 2.24) is 4.90 Å². The summed E-state index contributed by atoms with van der Waals surface area (Å²) in [6.07, 6.45) is -2.25. The van der Waals surface area contributed by atoms with E-state index in [-0.39, 0.29) is 13.1 Å². The standard InChI is InChI=1S/C11H10F3NO3/c12-6-2-1-5(9(13)10(6)14)11(18)15-3-7(16)8(17)4-15/h1-2,7-8,16-17H,3-4H2/t7-,8+. The molecule has 1 aliphatic heterocycles. The number of β-amino-alcohol motifs (C(OH)–C–C–N with tert-alkyl or cyclic N) is 2. The molecule has 0 saturated carbocycles. The van der Waals surface area contributed by atoms with E-state index in [1.54, 1.807) is 0 Å². The van der Waals surface area contributed by atoms with Crippen molar-refractivity contribution in [2.45, 2.75) is 12.2 Å². The zero-order valence-corrected chi connectivity index (χ0v) is 9.11. The quantitative estimate of drug-likeness (QED) is 0.714. The number of benzene rings is 1. The lowest BCUT2D eigenvalue weighted by Gasteiger charge is -2.15. The van der Waals surface area contributed by atoms with E-state index >= 15 is 0 Å². The van der Waals surface area contributed by atoms with Crippen LogP contribution in [0.15, 0.2) is 12.1 Å². The van der Waals surface area contributed by atoms with Crippen LogP contribution < -0.4 is 0 Å². The van der Waals surface area contributed by atoms with Crippen LogP contribution in [0.2, 0.25) is 0 Å². The minimum absolute atomic E-state index is 0.182. The molecule has 2 N–H and O–H groups in total. The van der Waals surface area contributed by atoms with E-state index in [1.807, 2.05) is 0 Å². The third kappa shape index (κ3) is 2.06. The molecule has 1 fully saturated rings. The van der Waals surface area contributed by atoms with E-state index in [4.69, 9.17) is 0 Å². The number of aliphatic hydroxyl groups is 2. The van der Waals surface area contributed by atoms with E-state index in [1.165, 1.54) is 0 Å². The molecule has 0 unspecified atom stereocenters. The minimum Gasteiger partial charge on any atom is -0.388 e. The molecule has 2 rings (SSSR count). The Bertz CT molecular complexity index is 485. The van der Waals surface area contributed by atoms with Gasteiger partial charge in [0.25, 0.3) is 5.91 Å². The van der Waals surface area contributed by atoms with Crippen LogP contribution in [0.3, 0.4) is 0 Å². The highest BCUT2D eigenvalue weighted by molar-refractivity contribution is 5.94. The molecule has 7 heteroatoms. The van der Waals surface area contributed by atoms with Gasteiger partial charge in [-0.2, -0.15) is 0 Å². The molecule has 18 heavy (non-hydrogen) atoms. The van der Waals surface area contributed by atoms with Gasteiger partial charge < -0.3 is 15.1 Å². The van der Waals surface area contributed by atoms with Crippen molar-refractivity contribution < 1.29 is 28.2 Å². The first-order valence-corrected chi connectivity index (χ1v) is 5.20. The van der Waals surface area contributed by atoms with Crippen LogP contribution in [0.1, 0.15) is 10.4 Å². The summed E-state index contributed by atoms with van der Waals surface area (Å²) in [5.41, 5.74) is -0.629. The highest BCUT2D eigenvalue weighted by Gasteiger charge is 2.34. The lowest BCUT2D eigenvalue weighted by atomic mass is 10.1. The topological polar surface area (TPSA) is 60.8 Å². The van der Waals surface area contributed by atoms with Gasteiger partial charge >= 0.3 is 0 Å². The van der Waals surface area contributed by atoms with E-state index in [9.17, 15) is 28.2 Å². The SMILES string of the molecule is O=C(c1ccc(F)c(F)c1F)N1C[C@@H](O)[C@@H](O)C1. The molecule has 0 radical (unpaired) electrons. The molecule has 4 nitrogen and oxygen atoms in total. The van der Waals surface area contributed by atoms with Crippen molar-refractivity contribution >= 4 is 5.91 Å². The van der Waals surface area contributed by atoms with Gasteiger partial charge in [0.2, 0.25) is 0 Å². The summed E-state index contributed by atoms with van der Waals surface area (Å²) in [7, 11) is 0. The number of aliphatic hydroxyl groups excluding tert-OH is 2. The van der Waals surface area contributed by atoms with Gasteiger partial charge in [-0.05, 0) is 12.1 Å². The van der Waals surface area contributed by atoms with Crippen molar-refractivity contribution in [3.8, 4) is 0 Å². The molecule has 2 atom stereocenters. The smallest absolute Gasteiger partial charge is 0.257 e. The number of hydrogen-bond donors (Lipinski definition) is 2. The fourth-order valence-corrected chi connectivity index (χ4v) is 1.80. The largest absolute Gasteiger partial charge is 0.388 e. The van der Waals surface area contributed by atoms with Crippen LogP contribution in [0.4, 0.5) is 13.2 Å². The fraction of sp³-hybridized carbons (Fsp3) is 0.364. The van der Waals surface area contributed by atoms with Crippen molar-refractivity contribution in [2.75, 3.05) is 13.1 Å². The number of nitrogens with zero attached hydrogens (tertiary/aromatic N) is 1. The summed E-state index contributed by atoms with van der Waals surface area (Å²) >= 11 is 0. The van der Waals surface area contributed by atoms with Crippen LogP contribution in [0, 0.1) is 17.5 Å². The van der Waals surface area contributed by atoms with E-state index < -0.39 is 41.1 Å². The second-order valence-corrected chi connectivity index (χ2v) is 4.07. The maximum absolute atomic E-state index is 13.4. The van der Waals surface area contributed by atoms with E-state index in [2.05, 4.69) is 0 Å². The van der Waals surface area contributed by atoms with Crippen molar-refractivity contribution in [3.05, 3.63) is 35.1 Å². The zero-order chi connectivity index (χ0) is 13.4. The molecule has 1 heterocycles. The summed E-state index contributed by atoms with van der Waals surface area (Å²) in [5.74, 6) is -5.58. The third-order valence-corrected chi connectivity index (χ3v) is 2.81. The first-order valence-electron chi connectivity index (χ1n) is 5.20. The lowest BCUT2D eigenvalue weighted by molar-refractivity contribution is 0.0572. The summed E-state index contributed by atoms with van der Waals surface area (Å²) in [4.78, 5) is 12.8. The predicted octanol–water partition coefficient (Wildman–Crippen LogP) is 0.282. The molecular weight excluding hydrogens is 251 g/mol. The van der Waals surface area contributed by atoms with Gasteiger partial charge in [0.15, 0.2) is 17.5 Å². The Morgan fingerprint density at radius 3 is 2.22 bits per heavy atom. The average Bonchev–Trinajstić information content (AvgIpc) is 2.66. The molecule has 0 aromatic heterocycles. The molecule has 1 aromatic rings. The predicted molar refractivity (Wildman–Crippen MR) is 54.2 cm³/mol. The molecule has 98 valence electrons. The Morgan fingerprint density at radius 2 is 1.67 bits per heavy atom. The number of amides is 1. The van der Waals surface area contributed by atoms with Gasteiger partial charge in [-0.15, -0.1) is 0 Å². The number of carbonyl (C=O) groups is 1. The molecule has 0 aliphatic carbocycles. The van der Waals surface area contributed by atoms with Gasteiger partial charge in [0.05, 0.1) is 17.8 Å². The summed E-state index contributed by atoms with van der Waals surface area (Å²) in [6.45, 7) is -0.364. The second kappa shape index (κ2) is 4.58. The second-order valence-electron chi connectivity index (χ2n) is 4.07. The Morgan fingerprint density at radius 1 is 1.11 bits per heavy atom. The van der Waals surface area contributed by atoms with E-state index in [0.717, 1.165) is 11.0 Å². The first kappa shape index (κ1) is 12.8. The van der Waals surface area contributed by atoms with Crippen LogP contribution in [-0.4, -0.2) is 46.3 Å². The number of rotatable bonds is 1. The molecular formula is C11H10F3NO3. The fourth-order valence-electron chi connectivity index (χ4n) is 1.80. The van der Waals surface area contributed by atoms with Crippen molar-refractivity contribution in [1.29, 1.82) is 0 Å². The third-order valence-electron chi connectivity index (χ3n) is 2.81. The maximum atomic E-state index is 13.4. The van der Waals surface area contributed by atoms with Gasteiger partial charge in [0.1, 0.15) is 0 Å². The molecule has 0 bridgehead atoms. The van der Waals surface area contributed by atoms with Crippen LogP contribution in [0.25, 0.3) is 0 Å². The Balaban J connectivity index is 2.28. The first-order chi connectivity index (χ1) is 8.41. The summed E-state index contributed by atoms with van der Waals surface area (Å²) < 4.78 is 39.0. The van der Waals surface area contributed by atoms with Gasteiger partial charge in [-0.1, -0.05) is 0 Å². The Hall–Kier alpha value is -1.60. The number of carbonyl (C=O) groups excluding carboxylic acids is 1. The zero-order valence-electron chi connectivity index (χ0n) is 9.11. The lowest BCUT2D eigenvalue weighted by Crippen LogP contribution is -2.30. The maximum Gasteiger partial charge on any atom is 0.257 e. The molecule has 0 spiro atoms. The molecule has 1 aromatic carbocycles. The number of halogens is 3. The normalized spacial score (nSPS) is 23.5. The van der Waals surface area contributed by atoms with Gasteiger partial charge in [-0.3, -0.25) is 4.79 Å². The van der Waals surface area contributed by atoms with Crippen LogP contribution in [0.5, 0.6) is 0 Å². The number of likely N-dealkylation sites (tertiary alicyclic amines) is 1. The van der Waals surface area contributed by atoms with Crippen molar-refractivity contribution in [3.63, 3.8) is 0 Å². The summed E-state index contributed by atoms with van der Waals surface area (Å²) in [6, 6.07) is 1.47. The van der Waals surface area contributed by atoms with Crippen LogP contribution >= 0.6 is 0 Å². The molecule has 1 saturated heterocycles. The highest BCUT2D eigenvalue weighted by Crippen LogP contribution is 2.19. The van der Waals surface area contributed by atoms with Gasteiger partial charge in [0, 0.05) is 13.1 Å². The monoisotopic (exact) mass is 261 g/mol. The summed E-state index contributed by atoms with van der Waals surface area (Å²) in [5, 5.41) is 18.5. The minimum atomic E-state index is -1.72. The van der Waals surface area contributed by atoms with Crippen LogP contribution in [-0.2, 0) is 0 Å². The highest BCUT2D eigenvalue weighted by atomic mass is 19.2. The Labute approximate surface area is 100 Å². The Kier molecular flexibility index (Phi) is 3.27. The average molecular weight is 261 g/mol.